The number of aromatic carboxylic acids is 1. The van der Waals surface area contributed by atoms with E-state index in [0.29, 0.717) is 24.3 Å². The Balaban J connectivity index is 2.96. The van der Waals surface area contributed by atoms with E-state index in [1.165, 1.54) is 0 Å². The number of carboxylic acids is 1. The van der Waals surface area contributed by atoms with Gasteiger partial charge >= 0.3 is 5.97 Å². The zero-order chi connectivity index (χ0) is 10.6. The van der Waals surface area contributed by atoms with E-state index in [0.717, 1.165) is 5.56 Å². The fourth-order valence-electron chi connectivity index (χ4n) is 1.20. The van der Waals surface area contributed by atoms with Gasteiger partial charge in [0.2, 0.25) is 0 Å². The minimum absolute atomic E-state index is 0.290. The molecule has 0 saturated carbocycles. The van der Waals surface area contributed by atoms with Crippen LogP contribution in [-0.2, 0) is 0 Å². The molecule has 0 aliphatic carbocycles. The Morgan fingerprint density at radius 2 is 2.29 bits per heavy atom. The molecule has 0 spiro atoms. The average Bonchev–Trinajstić information content (AvgIpc) is 2.15. The summed E-state index contributed by atoms with van der Waals surface area (Å²) in [5.41, 5.74) is 7.16. The monoisotopic (exact) mass is 194 g/mol. The average molecular weight is 194 g/mol. The zero-order valence-corrected chi connectivity index (χ0v) is 8.08. The van der Waals surface area contributed by atoms with Crippen LogP contribution in [0.25, 0.3) is 0 Å². The van der Waals surface area contributed by atoms with Crippen LogP contribution in [0, 0.1) is 6.92 Å². The molecule has 4 nitrogen and oxygen atoms in total. The summed E-state index contributed by atoms with van der Waals surface area (Å²) in [5.74, 6) is -0.923. The molecule has 1 aromatic rings. The van der Waals surface area contributed by atoms with Gasteiger partial charge in [-0.15, -0.1) is 0 Å². The van der Waals surface area contributed by atoms with Gasteiger partial charge in [-0.25, -0.2) is 4.79 Å². The molecule has 76 valence electrons. The highest BCUT2D eigenvalue weighted by atomic mass is 16.4. The number of aryl methyl sites for hydroxylation is 1. The summed E-state index contributed by atoms with van der Waals surface area (Å²) < 4.78 is 0. The highest BCUT2D eigenvalue weighted by Crippen LogP contribution is 2.16. The molecule has 4 N–H and O–H groups in total. The van der Waals surface area contributed by atoms with Crippen molar-refractivity contribution < 1.29 is 9.90 Å². The first-order chi connectivity index (χ1) is 6.65. The van der Waals surface area contributed by atoms with Crippen LogP contribution in [0.3, 0.4) is 0 Å². The first-order valence-electron chi connectivity index (χ1n) is 4.43. The van der Waals surface area contributed by atoms with Gasteiger partial charge in [-0.05, 0) is 19.1 Å². The lowest BCUT2D eigenvalue weighted by Crippen LogP contribution is -2.15. The predicted molar refractivity (Wildman–Crippen MR) is 55.7 cm³/mol. The number of nitrogens with two attached hydrogens (primary N) is 1. The first-order valence-corrected chi connectivity index (χ1v) is 4.43. The van der Waals surface area contributed by atoms with Crippen LogP contribution >= 0.6 is 0 Å². The van der Waals surface area contributed by atoms with E-state index in [2.05, 4.69) is 5.32 Å². The fraction of sp³-hybridized carbons (Fsp3) is 0.300. The van der Waals surface area contributed by atoms with Crippen LogP contribution in [0.15, 0.2) is 18.2 Å². The van der Waals surface area contributed by atoms with E-state index >= 15 is 0 Å². The van der Waals surface area contributed by atoms with E-state index in [1.807, 2.05) is 13.0 Å². The topological polar surface area (TPSA) is 75.3 Å². The molecule has 0 aromatic heterocycles. The van der Waals surface area contributed by atoms with Gasteiger partial charge in [0.1, 0.15) is 0 Å². The van der Waals surface area contributed by atoms with Gasteiger partial charge in [-0.3, -0.25) is 0 Å². The lowest BCUT2D eigenvalue weighted by molar-refractivity contribution is 0.0698. The van der Waals surface area contributed by atoms with Crippen molar-refractivity contribution in [1.82, 2.24) is 0 Å². The quantitative estimate of drug-likeness (QED) is 0.670. The van der Waals surface area contributed by atoms with E-state index in [4.69, 9.17) is 10.8 Å². The van der Waals surface area contributed by atoms with Gasteiger partial charge in [-0.2, -0.15) is 0 Å². The third kappa shape index (κ3) is 2.47. The minimum Gasteiger partial charge on any atom is -0.478 e. The number of carbonyl (C=O) groups is 1. The van der Waals surface area contributed by atoms with E-state index in [1.54, 1.807) is 12.1 Å². The Morgan fingerprint density at radius 3 is 2.86 bits per heavy atom. The van der Waals surface area contributed by atoms with Gasteiger partial charge in [0.15, 0.2) is 0 Å². The van der Waals surface area contributed by atoms with Crippen molar-refractivity contribution in [2.75, 3.05) is 18.4 Å². The maximum absolute atomic E-state index is 10.9. The molecule has 1 rings (SSSR count). The standard InChI is InChI=1S/C10H14N2O2/c1-7-2-3-9(12-5-4-11)8(6-7)10(13)14/h2-3,6,12H,4-5,11H2,1H3,(H,13,14). The molecule has 0 amide bonds. The number of anilines is 1. The fourth-order valence-corrected chi connectivity index (χ4v) is 1.20. The molecule has 0 bridgehead atoms. The van der Waals surface area contributed by atoms with Crippen molar-refractivity contribution in [2.45, 2.75) is 6.92 Å². The highest BCUT2D eigenvalue weighted by Gasteiger charge is 2.08. The summed E-state index contributed by atoms with van der Waals surface area (Å²) in [7, 11) is 0. The Bertz CT molecular complexity index is 337. The predicted octanol–water partition coefficient (Wildman–Crippen LogP) is 1.06. The first kappa shape index (κ1) is 10.5. The van der Waals surface area contributed by atoms with Gasteiger partial charge < -0.3 is 16.2 Å². The SMILES string of the molecule is Cc1ccc(NCCN)c(C(=O)O)c1. The van der Waals surface area contributed by atoms with Crippen LogP contribution in [0.4, 0.5) is 5.69 Å². The highest BCUT2D eigenvalue weighted by molar-refractivity contribution is 5.94. The third-order valence-electron chi connectivity index (χ3n) is 1.87. The number of benzene rings is 1. The molecule has 0 saturated heterocycles. The van der Waals surface area contributed by atoms with E-state index in [9.17, 15) is 4.79 Å². The molecule has 4 heteroatoms. The maximum Gasteiger partial charge on any atom is 0.337 e. The molecule has 0 aliphatic heterocycles. The molecule has 0 heterocycles. The van der Waals surface area contributed by atoms with Gasteiger partial charge in [0, 0.05) is 18.8 Å². The van der Waals surface area contributed by atoms with Crippen molar-refractivity contribution in [1.29, 1.82) is 0 Å². The van der Waals surface area contributed by atoms with Crippen molar-refractivity contribution >= 4 is 11.7 Å². The normalized spacial score (nSPS) is 9.86. The van der Waals surface area contributed by atoms with Crippen molar-refractivity contribution in [2.24, 2.45) is 5.73 Å². The van der Waals surface area contributed by atoms with Gasteiger partial charge in [-0.1, -0.05) is 11.6 Å². The number of carboxylic acid groups (broad SMARTS) is 1. The third-order valence-corrected chi connectivity index (χ3v) is 1.87. The smallest absolute Gasteiger partial charge is 0.337 e. The summed E-state index contributed by atoms with van der Waals surface area (Å²) in [6, 6.07) is 5.26. The summed E-state index contributed by atoms with van der Waals surface area (Å²) >= 11 is 0. The molecule has 14 heavy (non-hydrogen) atoms. The van der Waals surface area contributed by atoms with E-state index < -0.39 is 5.97 Å². The van der Waals surface area contributed by atoms with Crippen LogP contribution in [0.1, 0.15) is 15.9 Å². The second-order valence-corrected chi connectivity index (χ2v) is 3.07. The van der Waals surface area contributed by atoms with Crippen molar-refractivity contribution in [3.63, 3.8) is 0 Å². The summed E-state index contributed by atoms with van der Waals surface area (Å²) in [5, 5.41) is 11.9. The maximum atomic E-state index is 10.9. The number of hydrogen-bond acceptors (Lipinski definition) is 3. The molecule has 0 atom stereocenters. The number of hydrogen-bond donors (Lipinski definition) is 3. The molecular weight excluding hydrogens is 180 g/mol. The Hall–Kier alpha value is -1.55. The lowest BCUT2D eigenvalue weighted by Gasteiger charge is -2.08. The lowest BCUT2D eigenvalue weighted by atomic mass is 10.1. The Labute approximate surface area is 82.7 Å². The molecule has 1 aromatic carbocycles. The van der Waals surface area contributed by atoms with Crippen LogP contribution in [0.2, 0.25) is 0 Å². The minimum atomic E-state index is -0.923. The molecule has 0 unspecified atom stereocenters. The molecular formula is C10H14N2O2. The van der Waals surface area contributed by atoms with Crippen molar-refractivity contribution in [3.05, 3.63) is 29.3 Å². The van der Waals surface area contributed by atoms with Crippen LogP contribution < -0.4 is 11.1 Å². The second-order valence-electron chi connectivity index (χ2n) is 3.07. The summed E-state index contributed by atoms with van der Waals surface area (Å²) in [6.45, 7) is 2.91. The van der Waals surface area contributed by atoms with Gasteiger partial charge in [0.25, 0.3) is 0 Å². The van der Waals surface area contributed by atoms with Crippen LogP contribution in [-0.4, -0.2) is 24.2 Å². The Kier molecular flexibility index (Phi) is 3.48. The van der Waals surface area contributed by atoms with Crippen molar-refractivity contribution in [3.8, 4) is 0 Å². The van der Waals surface area contributed by atoms with Crippen LogP contribution in [0.5, 0.6) is 0 Å². The summed E-state index contributed by atoms with van der Waals surface area (Å²) in [6.07, 6.45) is 0. The van der Waals surface area contributed by atoms with Gasteiger partial charge in [0.05, 0.1) is 5.56 Å². The summed E-state index contributed by atoms with van der Waals surface area (Å²) in [4.78, 5) is 10.9. The number of nitrogens with one attached hydrogen (secondary N) is 1. The molecule has 0 fully saturated rings. The Morgan fingerprint density at radius 1 is 1.57 bits per heavy atom. The second kappa shape index (κ2) is 4.62. The molecule has 0 radical (unpaired) electrons. The van der Waals surface area contributed by atoms with E-state index in [-0.39, 0.29) is 0 Å². The molecule has 0 aliphatic rings. The largest absolute Gasteiger partial charge is 0.478 e. The zero-order valence-electron chi connectivity index (χ0n) is 8.08. The number of rotatable bonds is 4.